The number of hydrogen-bond acceptors (Lipinski definition) is 3. The van der Waals surface area contributed by atoms with E-state index >= 15 is 0 Å². The number of halogens is 1. The number of aromatic amines is 1. The van der Waals surface area contributed by atoms with Gasteiger partial charge < -0.3 is 0 Å². The topological polar surface area (TPSA) is 59.4 Å². The van der Waals surface area contributed by atoms with Crippen molar-refractivity contribution in [1.82, 2.24) is 25.0 Å². The molecule has 1 N–H and O–H groups in total. The van der Waals surface area contributed by atoms with Gasteiger partial charge in [0.15, 0.2) is 0 Å². The Morgan fingerprint density at radius 1 is 1.18 bits per heavy atom. The number of benzene rings is 1. The van der Waals surface area contributed by atoms with Crippen LogP contribution in [0.2, 0.25) is 0 Å². The van der Waals surface area contributed by atoms with Gasteiger partial charge in [0.25, 0.3) is 0 Å². The molecule has 84 valence electrons. The molecule has 0 atom stereocenters. The Labute approximate surface area is 95.9 Å². The van der Waals surface area contributed by atoms with E-state index in [0.717, 1.165) is 11.1 Å². The zero-order valence-electron chi connectivity index (χ0n) is 8.71. The van der Waals surface area contributed by atoms with Crippen molar-refractivity contribution in [2.24, 2.45) is 0 Å². The summed E-state index contributed by atoms with van der Waals surface area (Å²) in [4.78, 5) is 0. The first-order valence-corrected chi connectivity index (χ1v) is 4.99. The lowest BCUT2D eigenvalue weighted by Gasteiger charge is -2.02. The highest BCUT2D eigenvalue weighted by Crippen LogP contribution is 2.24. The Hall–Kier alpha value is -2.50. The van der Waals surface area contributed by atoms with Gasteiger partial charge in [-0.1, -0.05) is 12.1 Å². The van der Waals surface area contributed by atoms with Crippen LogP contribution >= 0.6 is 0 Å². The first-order chi connectivity index (χ1) is 8.34. The summed E-state index contributed by atoms with van der Waals surface area (Å²) in [6, 6.07) is 6.34. The number of hydrogen-bond donors (Lipinski definition) is 1. The molecule has 0 aliphatic rings. The van der Waals surface area contributed by atoms with Crippen LogP contribution in [0.5, 0.6) is 0 Å². The second kappa shape index (κ2) is 3.82. The number of aromatic nitrogens is 5. The minimum absolute atomic E-state index is 0.279. The molecule has 0 saturated carbocycles. The quantitative estimate of drug-likeness (QED) is 0.728. The van der Waals surface area contributed by atoms with Gasteiger partial charge in [0.2, 0.25) is 0 Å². The minimum atomic E-state index is -0.279. The highest BCUT2D eigenvalue weighted by atomic mass is 19.1. The van der Waals surface area contributed by atoms with Crippen LogP contribution in [0.3, 0.4) is 0 Å². The predicted octanol–water partition coefficient (Wildman–Crippen LogP) is 1.80. The van der Waals surface area contributed by atoms with Crippen LogP contribution < -0.4 is 0 Å². The Balaban J connectivity index is 2.14. The van der Waals surface area contributed by atoms with Crippen molar-refractivity contribution >= 4 is 0 Å². The molecule has 0 fully saturated rings. The van der Waals surface area contributed by atoms with E-state index in [1.807, 2.05) is 6.07 Å². The highest BCUT2D eigenvalue weighted by molar-refractivity contribution is 5.70. The van der Waals surface area contributed by atoms with Gasteiger partial charge in [0, 0.05) is 5.56 Å². The van der Waals surface area contributed by atoms with Gasteiger partial charge in [-0.15, -0.1) is 10.2 Å². The summed E-state index contributed by atoms with van der Waals surface area (Å²) >= 11 is 0. The van der Waals surface area contributed by atoms with Gasteiger partial charge in [-0.05, 0) is 17.7 Å². The Kier molecular flexibility index (Phi) is 2.18. The molecular formula is C11H8FN5. The van der Waals surface area contributed by atoms with E-state index in [1.165, 1.54) is 12.1 Å². The monoisotopic (exact) mass is 229 g/mol. The Morgan fingerprint density at radius 3 is 2.76 bits per heavy atom. The summed E-state index contributed by atoms with van der Waals surface area (Å²) < 4.78 is 14.9. The molecule has 0 radical (unpaired) electrons. The maximum Gasteiger partial charge on any atom is 0.142 e. The average molecular weight is 229 g/mol. The van der Waals surface area contributed by atoms with Gasteiger partial charge in [-0.25, -0.2) is 4.39 Å². The maximum absolute atomic E-state index is 13.2. The lowest BCUT2D eigenvalue weighted by atomic mass is 10.1. The van der Waals surface area contributed by atoms with Crippen LogP contribution in [0.1, 0.15) is 0 Å². The van der Waals surface area contributed by atoms with Crippen molar-refractivity contribution in [2.75, 3.05) is 0 Å². The normalized spacial score (nSPS) is 10.6. The van der Waals surface area contributed by atoms with Crippen LogP contribution in [0.25, 0.3) is 16.9 Å². The number of nitrogens with one attached hydrogen (secondary N) is 1. The lowest BCUT2D eigenvalue weighted by molar-refractivity contribution is 0.628. The number of H-pyrrole nitrogens is 1. The Morgan fingerprint density at radius 2 is 2.00 bits per heavy atom. The van der Waals surface area contributed by atoms with Crippen LogP contribution in [0, 0.1) is 5.82 Å². The van der Waals surface area contributed by atoms with Gasteiger partial charge >= 0.3 is 0 Å². The van der Waals surface area contributed by atoms with E-state index in [1.54, 1.807) is 29.5 Å². The molecule has 3 rings (SSSR count). The number of nitrogens with zero attached hydrogens (tertiary/aromatic N) is 4. The van der Waals surface area contributed by atoms with Gasteiger partial charge in [0.05, 0.1) is 6.20 Å². The molecule has 5 nitrogen and oxygen atoms in total. The molecule has 0 aliphatic heterocycles. The van der Waals surface area contributed by atoms with Gasteiger partial charge in [-0.3, -0.25) is 9.67 Å². The summed E-state index contributed by atoms with van der Waals surface area (Å²) in [6.45, 7) is 0. The third kappa shape index (κ3) is 1.69. The fourth-order valence-corrected chi connectivity index (χ4v) is 1.66. The highest BCUT2D eigenvalue weighted by Gasteiger charge is 2.09. The second-order valence-electron chi connectivity index (χ2n) is 3.51. The molecule has 2 aromatic heterocycles. The predicted molar refractivity (Wildman–Crippen MR) is 58.9 cm³/mol. The zero-order valence-corrected chi connectivity index (χ0v) is 8.71. The summed E-state index contributed by atoms with van der Waals surface area (Å²) in [5.41, 5.74) is 1.55. The van der Waals surface area contributed by atoms with E-state index in [2.05, 4.69) is 20.4 Å². The lowest BCUT2D eigenvalue weighted by Crippen LogP contribution is -1.93. The molecule has 0 amide bonds. The summed E-state index contributed by atoms with van der Waals surface area (Å²) in [6.07, 6.45) is 4.75. The van der Waals surface area contributed by atoms with Crippen molar-refractivity contribution in [3.8, 4) is 16.9 Å². The molecule has 3 aromatic rings. The molecule has 1 aromatic carbocycles. The number of rotatable bonds is 2. The van der Waals surface area contributed by atoms with Gasteiger partial charge in [0.1, 0.15) is 24.3 Å². The molecule has 0 bridgehead atoms. The third-order valence-electron chi connectivity index (χ3n) is 2.43. The summed E-state index contributed by atoms with van der Waals surface area (Å²) in [5, 5.41) is 14.2. The molecule has 6 heteroatoms. The molecule has 2 heterocycles. The first-order valence-electron chi connectivity index (χ1n) is 4.99. The van der Waals surface area contributed by atoms with Crippen molar-refractivity contribution in [3.05, 3.63) is 48.9 Å². The van der Waals surface area contributed by atoms with Crippen LogP contribution in [0.4, 0.5) is 4.39 Å². The summed E-state index contributed by atoms with van der Waals surface area (Å²) in [7, 11) is 0. The standard InChI is InChI=1S/C11H8FN5/c12-9-3-1-2-8(4-9)10-5-13-16-11(10)17-6-14-15-7-17/h1-7H,(H,13,16). The van der Waals surface area contributed by atoms with E-state index in [0.29, 0.717) is 5.82 Å². The third-order valence-corrected chi connectivity index (χ3v) is 2.43. The van der Waals surface area contributed by atoms with Crippen molar-refractivity contribution in [3.63, 3.8) is 0 Å². The van der Waals surface area contributed by atoms with Crippen molar-refractivity contribution < 1.29 is 4.39 Å². The van der Waals surface area contributed by atoms with Crippen LogP contribution in [-0.2, 0) is 0 Å². The average Bonchev–Trinajstić information content (AvgIpc) is 3.00. The second-order valence-corrected chi connectivity index (χ2v) is 3.51. The maximum atomic E-state index is 13.2. The Bertz CT molecular complexity index is 629. The molecule has 0 unspecified atom stereocenters. The molecular weight excluding hydrogens is 221 g/mol. The fraction of sp³-hybridized carbons (Fsp3) is 0. The SMILES string of the molecule is Fc1cccc(-c2cn[nH]c2-n2cnnc2)c1. The van der Waals surface area contributed by atoms with E-state index in [4.69, 9.17) is 0 Å². The molecule has 0 saturated heterocycles. The molecule has 17 heavy (non-hydrogen) atoms. The van der Waals surface area contributed by atoms with E-state index in [-0.39, 0.29) is 5.82 Å². The summed E-state index contributed by atoms with van der Waals surface area (Å²) in [5.74, 6) is 0.430. The fourth-order valence-electron chi connectivity index (χ4n) is 1.66. The van der Waals surface area contributed by atoms with E-state index in [9.17, 15) is 4.39 Å². The van der Waals surface area contributed by atoms with Crippen molar-refractivity contribution in [1.29, 1.82) is 0 Å². The largest absolute Gasteiger partial charge is 0.272 e. The van der Waals surface area contributed by atoms with Crippen LogP contribution in [-0.4, -0.2) is 25.0 Å². The zero-order chi connectivity index (χ0) is 11.7. The molecule has 0 spiro atoms. The molecule has 0 aliphatic carbocycles. The van der Waals surface area contributed by atoms with Crippen LogP contribution in [0.15, 0.2) is 43.1 Å². The van der Waals surface area contributed by atoms with Gasteiger partial charge in [-0.2, -0.15) is 5.10 Å². The van der Waals surface area contributed by atoms with Crippen molar-refractivity contribution in [2.45, 2.75) is 0 Å². The first kappa shape index (κ1) is 9.71. The van der Waals surface area contributed by atoms with E-state index < -0.39 is 0 Å². The smallest absolute Gasteiger partial charge is 0.142 e. The minimum Gasteiger partial charge on any atom is -0.272 e.